The van der Waals surface area contributed by atoms with E-state index in [9.17, 15) is 9.90 Å². The molecule has 0 saturated carbocycles. The Labute approximate surface area is 92.6 Å². The number of aliphatic hydroxyl groups is 1. The zero-order valence-corrected chi connectivity index (χ0v) is 10.2. The zero-order chi connectivity index (χ0) is 11.2. The Bertz CT molecular complexity index is 147. The predicted octanol–water partition coefficient (Wildman–Crippen LogP) is 1.64. The van der Waals surface area contributed by atoms with Crippen LogP contribution in [0.5, 0.6) is 0 Å². The molecule has 0 amide bonds. The van der Waals surface area contributed by atoms with Gasteiger partial charge in [-0.1, -0.05) is 32.3 Å². The average Bonchev–Trinajstić information content (AvgIpc) is 2.12. The molecular formula is C11H25NO3. The molecule has 0 aliphatic carbocycles. The maximum Gasteiger partial charge on any atom is 0.0639 e. The summed E-state index contributed by atoms with van der Waals surface area (Å²) in [6.45, 7) is 4.08. The molecule has 0 bridgehead atoms. The number of hydrogen-bond donors (Lipinski definition) is 2. The number of aliphatic carboxylic acids is 1. The Morgan fingerprint density at radius 2 is 1.80 bits per heavy atom. The first-order valence-corrected chi connectivity index (χ1v) is 5.17. The normalized spacial score (nSPS) is 9.00. The van der Waals surface area contributed by atoms with Crippen LogP contribution in [0.1, 0.15) is 46.0 Å². The van der Waals surface area contributed by atoms with Crippen molar-refractivity contribution >= 4 is 5.97 Å². The lowest BCUT2D eigenvalue weighted by Gasteiger charge is -1.94. The van der Waals surface area contributed by atoms with Gasteiger partial charge in [-0.15, -0.1) is 0 Å². The second kappa shape index (κ2) is 18.8. The van der Waals surface area contributed by atoms with Crippen molar-refractivity contribution in [3.63, 3.8) is 0 Å². The van der Waals surface area contributed by atoms with E-state index in [1.807, 2.05) is 0 Å². The highest BCUT2D eigenvalue weighted by atomic mass is 16.4. The molecule has 0 spiro atoms. The van der Waals surface area contributed by atoms with E-state index in [1.165, 1.54) is 19.3 Å². The van der Waals surface area contributed by atoms with Crippen LogP contribution in [0.3, 0.4) is 0 Å². The van der Waals surface area contributed by atoms with Gasteiger partial charge >= 0.3 is 0 Å². The summed E-state index contributed by atoms with van der Waals surface area (Å²) in [6.07, 6.45) is 8.33. The third-order valence-corrected chi connectivity index (χ3v) is 1.48. The van der Waals surface area contributed by atoms with Crippen molar-refractivity contribution < 1.29 is 15.0 Å². The van der Waals surface area contributed by atoms with Crippen LogP contribution < -0.4 is 11.3 Å². The molecule has 0 aromatic carbocycles. The maximum absolute atomic E-state index is 9.89. The number of allylic oxidation sites excluding steroid dienone is 1. The summed E-state index contributed by atoms with van der Waals surface area (Å²) >= 11 is 0. The van der Waals surface area contributed by atoms with E-state index in [0.29, 0.717) is 0 Å². The Kier molecular flexibility index (Phi) is 24.7. The molecule has 0 heterocycles. The van der Waals surface area contributed by atoms with E-state index in [4.69, 9.17) is 5.11 Å². The summed E-state index contributed by atoms with van der Waals surface area (Å²) in [6, 6.07) is 0. The van der Waals surface area contributed by atoms with Crippen molar-refractivity contribution in [3.05, 3.63) is 12.2 Å². The van der Waals surface area contributed by atoms with E-state index in [2.05, 4.69) is 6.92 Å². The standard InChI is InChI=1S/C9H16O2.C2H6O.H3N/c1-2-3-4-5-6-7-8-9(10)11;1-2-3;/h7-8H,2-6H2,1H3,(H,10,11);3H,2H2,1H3;1H3. The number of carbonyl (C=O) groups excluding carboxylic acids is 1. The quantitative estimate of drug-likeness (QED) is 0.525. The largest absolute Gasteiger partial charge is 0.545 e. The minimum Gasteiger partial charge on any atom is -0.545 e. The first-order chi connectivity index (χ1) is 6.68. The third kappa shape index (κ3) is 32.0. The summed E-state index contributed by atoms with van der Waals surface area (Å²) in [5.74, 6) is -1.10. The topological polar surface area (TPSA) is 96.9 Å². The van der Waals surface area contributed by atoms with Crippen LogP contribution in [0.2, 0.25) is 0 Å². The van der Waals surface area contributed by atoms with E-state index in [-0.39, 0.29) is 12.8 Å². The third-order valence-electron chi connectivity index (χ3n) is 1.48. The van der Waals surface area contributed by atoms with Crippen molar-refractivity contribution in [2.45, 2.75) is 46.0 Å². The van der Waals surface area contributed by atoms with Crippen LogP contribution in [-0.4, -0.2) is 17.7 Å². The van der Waals surface area contributed by atoms with Crippen molar-refractivity contribution in [2.24, 2.45) is 0 Å². The molecule has 0 saturated heterocycles. The lowest BCUT2D eigenvalue weighted by molar-refractivity contribution is -0.297. The van der Waals surface area contributed by atoms with Crippen LogP contribution in [-0.2, 0) is 4.79 Å². The molecule has 0 unspecified atom stereocenters. The molecule has 0 aromatic heterocycles. The number of rotatable bonds is 6. The summed E-state index contributed by atoms with van der Waals surface area (Å²) < 4.78 is 0. The molecule has 0 aromatic rings. The first kappa shape index (κ1) is 19.7. The highest BCUT2D eigenvalue weighted by Crippen LogP contribution is 2.02. The molecule has 4 nitrogen and oxygen atoms in total. The molecule has 0 atom stereocenters. The Morgan fingerprint density at radius 1 is 1.27 bits per heavy atom. The first-order valence-electron chi connectivity index (χ1n) is 5.17. The van der Waals surface area contributed by atoms with Crippen LogP contribution >= 0.6 is 0 Å². The molecule has 0 rings (SSSR count). The zero-order valence-electron chi connectivity index (χ0n) is 10.2. The van der Waals surface area contributed by atoms with E-state index in [0.717, 1.165) is 18.9 Å². The molecule has 92 valence electrons. The molecule has 5 N–H and O–H groups in total. The second-order valence-corrected chi connectivity index (χ2v) is 2.89. The summed E-state index contributed by atoms with van der Waals surface area (Å²) in [5.41, 5.74) is 0. The van der Waals surface area contributed by atoms with Crippen molar-refractivity contribution in [3.8, 4) is 0 Å². The van der Waals surface area contributed by atoms with Gasteiger partial charge in [-0.05, 0) is 25.8 Å². The fourth-order valence-electron chi connectivity index (χ4n) is 0.869. The minimum absolute atomic E-state index is 0. The van der Waals surface area contributed by atoms with Gasteiger partial charge in [0.15, 0.2) is 0 Å². The van der Waals surface area contributed by atoms with Gasteiger partial charge in [-0.3, -0.25) is 0 Å². The van der Waals surface area contributed by atoms with Crippen molar-refractivity contribution in [1.82, 2.24) is 6.15 Å². The van der Waals surface area contributed by atoms with Gasteiger partial charge < -0.3 is 21.2 Å². The lowest BCUT2D eigenvalue weighted by atomic mass is 10.1. The fourth-order valence-corrected chi connectivity index (χ4v) is 0.869. The van der Waals surface area contributed by atoms with Gasteiger partial charge in [0.25, 0.3) is 0 Å². The summed E-state index contributed by atoms with van der Waals surface area (Å²) in [7, 11) is 0. The van der Waals surface area contributed by atoms with E-state index >= 15 is 0 Å². The van der Waals surface area contributed by atoms with Gasteiger partial charge in [0.1, 0.15) is 0 Å². The number of aliphatic hydroxyl groups excluding tert-OH is 1. The highest BCUT2D eigenvalue weighted by molar-refractivity contribution is 5.77. The Morgan fingerprint density at radius 3 is 2.20 bits per heavy atom. The van der Waals surface area contributed by atoms with Crippen LogP contribution in [0, 0.1) is 0 Å². The van der Waals surface area contributed by atoms with Crippen molar-refractivity contribution in [1.29, 1.82) is 0 Å². The number of hydrogen-bond acceptors (Lipinski definition) is 3. The summed E-state index contributed by atoms with van der Waals surface area (Å²) in [5, 5.41) is 17.5. The fraction of sp³-hybridized carbons (Fsp3) is 0.727. The number of carboxylic acid groups (broad SMARTS) is 1. The van der Waals surface area contributed by atoms with Crippen molar-refractivity contribution in [2.75, 3.05) is 6.61 Å². The molecule has 0 aliphatic heterocycles. The van der Waals surface area contributed by atoms with Crippen LogP contribution in [0.15, 0.2) is 12.2 Å². The summed E-state index contributed by atoms with van der Waals surface area (Å²) in [4.78, 5) is 9.89. The predicted molar refractivity (Wildman–Crippen MR) is 61.7 cm³/mol. The lowest BCUT2D eigenvalue weighted by Crippen LogP contribution is -2.18. The van der Waals surface area contributed by atoms with E-state index in [1.54, 1.807) is 13.0 Å². The maximum atomic E-state index is 9.89. The SMILES string of the molecule is CCCCCCC=CC(=O)[O-].CCO.[NH4+]. The van der Waals surface area contributed by atoms with Crippen LogP contribution in [0.25, 0.3) is 0 Å². The Balaban J connectivity index is -0.000000320. The molecule has 0 radical (unpaired) electrons. The highest BCUT2D eigenvalue weighted by Gasteiger charge is 1.83. The van der Waals surface area contributed by atoms with Gasteiger partial charge in [0.2, 0.25) is 0 Å². The average molecular weight is 219 g/mol. The second-order valence-electron chi connectivity index (χ2n) is 2.89. The Hall–Kier alpha value is -0.870. The van der Waals surface area contributed by atoms with Gasteiger partial charge in [-0.25, -0.2) is 0 Å². The van der Waals surface area contributed by atoms with Gasteiger partial charge in [-0.2, -0.15) is 0 Å². The molecular weight excluding hydrogens is 194 g/mol. The number of quaternary nitrogens is 1. The smallest absolute Gasteiger partial charge is 0.0639 e. The molecule has 0 fully saturated rings. The number of carboxylic acids is 1. The van der Waals surface area contributed by atoms with Gasteiger partial charge in [0.05, 0.1) is 5.97 Å². The monoisotopic (exact) mass is 219 g/mol. The van der Waals surface area contributed by atoms with Crippen LogP contribution in [0.4, 0.5) is 0 Å². The molecule has 15 heavy (non-hydrogen) atoms. The van der Waals surface area contributed by atoms with E-state index < -0.39 is 5.97 Å². The minimum atomic E-state index is -1.10. The van der Waals surface area contributed by atoms with Gasteiger partial charge in [0, 0.05) is 6.61 Å². The number of unbranched alkanes of at least 4 members (excludes halogenated alkanes) is 4. The molecule has 4 heteroatoms. The molecule has 0 aliphatic rings. The number of carbonyl (C=O) groups is 1.